The average Bonchev–Trinajstić information content (AvgIpc) is 2.73. The minimum Gasteiger partial charge on any atom is -0.481 e. The van der Waals surface area contributed by atoms with Gasteiger partial charge in [-0.25, -0.2) is 9.78 Å². The van der Waals surface area contributed by atoms with E-state index in [2.05, 4.69) is 15.6 Å². The van der Waals surface area contributed by atoms with Crippen molar-refractivity contribution in [3.8, 4) is 5.88 Å². The van der Waals surface area contributed by atoms with Crippen molar-refractivity contribution in [2.45, 2.75) is 39.2 Å². The quantitative estimate of drug-likeness (QED) is 0.581. The zero-order valence-corrected chi connectivity index (χ0v) is 19.1. The number of hydrogen-bond acceptors (Lipinski definition) is 5. The molecule has 168 valence electrons. The molecule has 7 nitrogen and oxygen atoms in total. The van der Waals surface area contributed by atoms with E-state index in [4.69, 9.17) is 9.47 Å². The van der Waals surface area contributed by atoms with Gasteiger partial charge < -0.3 is 20.1 Å². The molecule has 0 spiro atoms. The lowest BCUT2D eigenvalue weighted by atomic mass is 9.97. The molecule has 3 aromatic rings. The van der Waals surface area contributed by atoms with E-state index in [0.29, 0.717) is 11.6 Å². The van der Waals surface area contributed by atoms with Crippen LogP contribution in [0.15, 0.2) is 54.7 Å². The summed E-state index contributed by atoms with van der Waals surface area (Å²) in [5.74, 6) is -0.296. The normalized spacial score (nSPS) is 12.2. The molecular formula is C25H29N3O4. The summed E-state index contributed by atoms with van der Waals surface area (Å²) in [5, 5.41) is 7.43. The van der Waals surface area contributed by atoms with Crippen LogP contribution in [0.25, 0.3) is 10.8 Å². The molecular weight excluding hydrogens is 406 g/mol. The van der Waals surface area contributed by atoms with Gasteiger partial charge in [0.1, 0.15) is 5.60 Å². The summed E-state index contributed by atoms with van der Waals surface area (Å²) >= 11 is 0. The minimum atomic E-state index is -0.618. The second-order valence-electron chi connectivity index (χ2n) is 8.59. The molecule has 2 N–H and O–H groups in total. The number of benzene rings is 2. The SMILES string of the molecule is COc1nccc2cc(NC(=O)C(CNC(=O)OC(C)(C)C)c3ccc(C)cc3)ccc12. The van der Waals surface area contributed by atoms with Gasteiger partial charge in [0.15, 0.2) is 0 Å². The number of rotatable bonds is 6. The predicted octanol–water partition coefficient (Wildman–Crippen LogP) is 4.80. The first kappa shape index (κ1) is 23.1. The van der Waals surface area contributed by atoms with Gasteiger partial charge in [0, 0.05) is 23.8 Å². The number of anilines is 1. The standard InChI is InChI=1S/C25H29N3O4/c1-16-6-8-17(9-7-16)21(15-27-24(30)32-25(2,3)4)22(29)28-19-10-11-20-18(14-19)12-13-26-23(20)31-5/h6-14,21H,15H2,1-5H3,(H,27,30)(H,28,29). The summed E-state index contributed by atoms with van der Waals surface area (Å²) < 4.78 is 10.6. The van der Waals surface area contributed by atoms with E-state index in [0.717, 1.165) is 21.9 Å². The van der Waals surface area contributed by atoms with Crippen LogP contribution in [0.1, 0.15) is 37.8 Å². The molecule has 1 atom stereocenters. The molecule has 0 radical (unpaired) electrons. The Hall–Kier alpha value is -3.61. The fourth-order valence-electron chi connectivity index (χ4n) is 3.28. The lowest BCUT2D eigenvalue weighted by Crippen LogP contribution is -2.37. The summed E-state index contributed by atoms with van der Waals surface area (Å²) in [4.78, 5) is 29.6. The first-order valence-corrected chi connectivity index (χ1v) is 10.4. The van der Waals surface area contributed by atoms with Crippen LogP contribution in [0, 0.1) is 6.92 Å². The monoisotopic (exact) mass is 435 g/mol. The van der Waals surface area contributed by atoms with Crippen molar-refractivity contribution in [1.82, 2.24) is 10.3 Å². The third-order valence-electron chi connectivity index (χ3n) is 4.83. The number of fused-ring (bicyclic) bond motifs is 1. The molecule has 1 aromatic heterocycles. The summed E-state index contributed by atoms with van der Waals surface area (Å²) in [6.45, 7) is 7.47. The number of ether oxygens (including phenoxy) is 2. The number of pyridine rings is 1. The van der Waals surface area contributed by atoms with Gasteiger partial charge in [0.25, 0.3) is 0 Å². The van der Waals surface area contributed by atoms with Gasteiger partial charge in [-0.2, -0.15) is 0 Å². The fraction of sp³-hybridized carbons (Fsp3) is 0.320. The second kappa shape index (κ2) is 9.68. The Morgan fingerprint density at radius 3 is 2.44 bits per heavy atom. The van der Waals surface area contributed by atoms with Gasteiger partial charge >= 0.3 is 6.09 Å². The molecule has 2 aromatic carbocycles. The van der Waals surface area contributed by atoms with E-state index in [1.54, 1.807) is 40.1 Å². The first-order valence-electron chi connectivity index (χ1n) is 10.4. The van der Waals surface area contributed by atoms with Crippen molar-refractivity contribution >= 4 is 28.5 Å². The molecule has 0 saturated carbocycles. The van der Waals surface area contributed by atoms with Gasteiger partial charge in [-0.05, 0) is 62.9 Å². The number of amides is 2. The zero-order valence-electron chi connectivity index (χ0n) is 19.1. The molecule has 32 heavy (non-hydrogen) atoms. The van der Waals surface area contributed by atoms with Gasteiger partial charge in [-0.3, -0.25) is 4.79 Å². The molecule has 7 heteroatoms. The summed E-state index contributed by atoms with van der Waals surface area (Å²) in [7, 11) is 1.57. The van der Waals surface area contributed by atoms with Crippen LogP contribution < -0.4 is 15.4 Å². The van der Waals surface area contributed by atoms with Crippen molar-refractivity contribution in [2.24, 2.45) is 0 Å². The van der Waals surface area contributed by atoms with Gasteiger partial charge in [-0.1, -0.05) is 29.8 Å². The number of nitrogens with one attached hydrogen (secondary N) is 2. The van der Waals surface area contributed by atoms with Gasteiger partial charge in [0.2, 0.25) is 11.8 Å². The molecule has 0 fully saturated rings. The molecule has 0 aliphatic rings. The van der Waals surface area contributed by atoms with Crippen LogP contribution in [0.3, 0.4) is 0 Å². The lowest BCUT2D eigenvalue weighted by molar-refractivity contribution is -0.117. The number of methoxy groups -OCH3 is 1. The third-order valence-corrected chi connectivity index (χ3v) is 4.83. The predicted molar refractivity (Wildman–Crippen MR) is 125 cm³/mol. The average molecular weight is 436 g/mol. The van der Waals surface area contributed by atoms with Gasteiger partial charge in [-0.15, -0.1) is 0 Å². The Balaban J connectivity index is 1.80. The highest BCUT2D eigenvalue weighted by molar-refractivity contribution is 5.99. The maximum absolute atomic E-state index is 13.2. The van der Waals surface area contributed by atoms with Crippen LogP contribution in [0.4, 0.5) is 10.5 Å². The summed E-state index contributed by atoms with van der Waals surface area (Å²) in [6.07, 6.45) is 1.10. The Morgan fingerprint density at radius 2 is 1.78 bits per heavy atom. The molecule has 0 aliphatic carbocycles. The molecule has 3 rings (SSSR count). The van der Waals surface area contributed by atoms with Crippen molar-refractivity contribution in [2.75, 3.05) is 19.0 Å². The zero-order chi connectivity index (χ0) is 23.3. The van der Waals surface area contributed by atoms with E-state index in [9.17, 15) is 9.59 Å². The molecule has 0 bridgehead atoms. The van der Waals surface area contributed by atoms with Crippen LogP contribution >= 0.6 is 0 Å². The lowest BCUT2D eigenvalue weighted by Gasteiger charge is -2.22. The topological polar surface area (TPSA) is 89.5 Å². The first-order chi connectivity index (χ1) is 15.2. The summed E-state index contributed by atoms with van der Waals surface area (Å²) in [6, 6.07) is 15.1. The van der Waals surface area contributed by atoms with E-state index in [1.165, 1.54) is 0 Å². The Morgan fingerprint density at radius 1 is 1.06 bits per heavy atom. The summed E-state index contributed by atoms with van der Waals surface area (Å²) in [5.41, 5.74) is 1.92. The number of hydrogen-bond donors (Lipinski definition) is 2. The van der Waals surface area contributed by atoms with Gasteiger partial charge in [0.05, 0.1) is 13.0 Å². The maximum atomic E-state index is 13.2. The van der Waals surface area contributed by atoms with Crippen LogP contribution in [0.2, 0.25) is 0 Å². The highest BCUT2D eigenvalue weighted by Gasteiger charge is 2.24. The van der Waals surface area contributed by atoms with Crippen LogP contribution in [-0.4, -0.2) is 36.2 Å². The number of nitrogens with zero attached hydrogens (tertiary/aromatic N) is 1. The maximum Gasteiger partial charge on any atom is 0.407 e. The number of aryl methyl sites for hydroxylation is 1. The van der Waals surface area contributed by atoms with Crippen molar-refractivity contribution in [3.05, 3.63) is 65.9 Å². The van der Waals surface area contributed by atoms with Crippen molar-refractivity contribution in [3.63, 3.8) is 0 Å². The van der Waals surface area contributed by atoms with E-state index < -0.39 is 17.6 Å². The van der Waals surface area contributed by atoms with E-state index in [1.807, 2.05) is 49.4 Å². The molecule has 0 aliphatic heterocycles. The second-order valence-corrected chi connectivity index (χ2v) is 8.59. The van der Waals surface area contributed by atoms with Crippen molar-refractivity contribution < 1.29 is 19.1 Å². The van der Waals surface area contributed by atoms with E-state index in [-0.39, 0.29) is 12.5 Å². The highest BCUT2D eigenvalue weighted by atomic mass is 16.6. The Labute approximate surface area is 188 Å². The van der Waals surface area contributed by atoms with Crippen LogP contribution in [0.5, 0.6) is 5.88 Å². The smallest absolute Gasteiger partial charge is 0.407 e. The molecule has 2 amide bonds. The number of carbonyl (C=O) groups is 2. The Kier molecular flexibility index (Phi) is 6.98. The molecule has 0 saturated heterocycles. The molecule has 1 unspecified atom stereocenters. The number of carbonyl (C=O) groups excluding carboxylic acids is 2. The fourth-order valence-corrected chi connectivity index (χ4v) is 3.28. The molecule has 1 heterocycles. The van der Waals surface area contributed by atoms with E-state index >= 15 is 0 Å². The number of aromatic nitrogens is 1. The van der Waals surface area contributed by atoms with Crippen molar-refractivity contribution in [1.29, 1.82) is 0 Å². The third kappa shape index (κ3) is 5.97. The number of alkyl carbamates (subject to hydrolysis) is 1. The Bertz CT molecular complexity index is 1100. The van der Waals surface area contributed by atoms with Crippen LogP contribution in [-0.2, 0) is 9.53 Å². The minimum absolute atomic E-state index is 0.106. The highest BCUT2D eigenvalue weighted by Crippen LogP contribution is 2.26. The largest absolute Gasteiger partial charge is 0.481 e.